The van der Waals surface area contributed by atoms with Crippen LogP contribution in [0.25, 0.3) is 0 Å². The van der Waals surface area contributed by atoms with Gasteiger partial charge >= 0.3 is 0 Å². The summed E-state index contributed by atoms with van der Waals surface area (Å²) in [6.45, 7) is 0. The molecule has 0 bridgehead atoms. The Kier molecular flexibility index (Phi) is 3.82. The number of rotatable bonds is 3. The van der Waals surface area contributed by atoms with E-state index in [4.69, 9.17) is 11.6 Å². The Morgan fingerprint density at radius 2 is 2.44 bits per heavy atom. The predicted molar refractivity (Wildman–Crippen MR) is 73.2 cm³/mol. The monoisotopic (exact) mass is 319 g/mol. The van der Waals surface area contributed by atoms with Crippen molar-refractivity contribution >= 4 is 51.4 Å². The van der Waals surface area contributed by atoms with Gasteiger partial charge in [0.15, 0.2) is 0 Å². The van der Waals surface area contributed by atoms with Gasteiger partial charge in [-0.2, -0.15) is 0 Å². The van der Waals surface area contributed by atoms with Crippen molar-refractivity contribution in [3.8, 4) is 0 Å². The zero-order valence-electron chi connectivity index (χ0n) is 8.74. The Balaban J connectivity index is 2.52. The Bertz CT molecular complexity index is 427. The van der Waals surface area contributed by atoms with Crippen molar-refractivity contribution in [1.82, 2.24) is 0 Å². The van der Waals surface area contributed by atoms with E-state index in [9.17, 15) is 4.79 Å². The first kappa shape index (κ1) is 12.3. The van der Waals surface area contributed by atoms with Crippen LogP contribution < -0.4 is 4.90 Å². The Labute approximate surface area is 112 Å². The number of hydrogen-bond acceptors (Lipinski definition) is 2. The smallest absolute Gasteiger partial charge is 0.213 e. The maximum atomic E-state index is 10.8. The SMILES string of the molecule is CN(C=O)c1cc(Cl)cc2c1SCC2CBr. The molecule has 1 atom stereocenters. The van der Waals surface area contributed by atoms with E-state index in [0.29, 0.717) is 10.9 Å². The first-order valence-electron chi connectivity index (χ1n) is 4.87. The van der Waals surface area contributed by atoms with Crippen LogP contribution in [0.15, 0.2) is 17.0 Å². The van der Waals surface area contributed by atoms with Crippen LogP contribution in [0.3, 0.4) is 0 Å². The van der Waals surface area contributed by atoms with Gasteiger partial charge in [0.1, 0.15) is 0 Å². The molecule has 0 aromatic heterocycles. The molecule has 16 heavy (non-hydrogen) atoms. The fourth-order valence-electron chi connectivity index (χ4n) is 1.78. The molecule has 2 rings (SSSR count). The van der Waals surface area contributed by atoms with E-state index >= 15 is 0 Å². The number of benzene rings is 1. The largest absolute Gasteiger partial charge is 0.317 e. The van der Waals surface area contributed by atoms with E-state index < -0.39 is 0 Å². The standard InChI is InChI=1S/C11H11BrClNOS/c1-14(6-15)10-3-8(13)2-9-7(4-12)5-16-11(9)10/h2-3,6-7H,4-5H2,1H3. The van der Waals surface area contributed by atoms with Gasteiger partial charge in [-0.25, -0.2) is 0 Å². The lowest BCUT2D eigenvalue weighted by atomic mass is 10.0. The van der Waals surface area contributed by atoms with Gasteiger partial charge in [0, 0.05) is 34.0 Å². The number of amides is 1. The molecule has 0 N–H and O–H groups in total. The molecule has 0 radical (unpaired) electrons. The number of fused-ring (bicyclic) bond motifs is 1. The molecule has 86 valence electrons. The molecule has 1 amide bonds. The van der Waals surface area contributed by atoms with Crippen molar-refractivity contribution in [2.24, 2.45) is 0 Å². The fraction of sp³-hybridized carbons (Fsp3) is 0.364. The van der Waals surface area contributed by atoms with Gasteiger partial charge in [-0.3, -0.25) is 4.79 Å². The number of anilines is 1. The molecule has 5 heteroatoms. The van der Waals surface area contributed by atoms with Crippen LogP contribution in [0.2, 0.25) is 5.02 Å². The zero-order chi connectivity index (χ0) is 11.7. The zero-order valence-corrected chi connectivity index (χ0v) is 11.9. The molecule has 1 heterocycles. The molecule has 2 nitrogen and oxygen atoms in total. The number of thioether (sulfide) groups is 1. The summed E-state index contributed by atoms with van der Waals surface area (Å²) in [5.41, 5.74) is 2.16. The Hall–Kier alpha value is -0.190. The van der Waals surface area contributed by atoms with E-state index in [-0.39, 0.29) is 0 Å². The average molecular weight is 321 g/mol. The minimum absolute atomic E-state index is 0.484. The van der Waals surface area contributed by atoms with Crippen molar-refractivity contribution in [1.29, 1.82) is 0 Å². The molecule has 1 unspecified atom stereocenters. The predicted octanol–water partition coefficient (Wildman–Crippen LogP) is 3.52. The van der Waals surface area contributed by atoms with Crippen molar-refractivity contribution in [3.63, 3.8) is 0 Å². The third kappa shape index (κ3) is 2.11. The van der Waals surface area contributed by atoms with Crippen molar-refractivity contribution in [3.05, 3.63) is 22.7 Å². The number of alkyl halides is 1. The summed E-state index contributed by atoms with van der Waals surface area (Å²) >= 11 is 11.4. The number of carbonyl (C=O) groups excluding carboxylic acids is 1. The Morgan fingerprint density at radius 3 is 3.06 bits per heavy atom. The van der Waals surface area contributed by atoms with Gasteiger partial charge in [0.05, 0.1) is 5.69 Å². The second-order valence-corrected chi connectivity index (χ2v) is 5.84. The maximum Gasteiger partial charge on any atom is 0.213 e. The number of nitrogens with zero attached hydrogens (tertiary/aromatic N) is 1. The van der Waals surface area contributed by atoms with Gasteiger partial charge in [0.25, 0.3) is 0 Å². The van der Waals surface area contributed by atoms with Crippen molar-refractivity contribution in [2.75, 3.05) is 23.0 Å². The molecule has 1 aliphatic rings. The minimum Gasteiger partial charge on any atom is -0.317 e. The average Bonchev–Trinajstić information content (AvgIpc) is 2.69. The lowest BCUT2D eigenvalue weighted by Crippen LogP contribution is -2.14. The lowest BCUT2D eigenvalue weighted by molar-refractivity contribution is -0.107. The molecular weight excluding hydrogens is 310 g/mol. The number of hydrogen-bond donors (Lipinski definition) is 0. The highest BCUT2D eigenvalue weighted by Crippen LogP contribution is 2.46. The van der Waals surface area contributed by atoms with Crippen LogP contribution in [-0.4, -0.2) is 24.5 Å². The Morgan fingerprint density at radius 1 is 1.69 bits per heavy atom. The van der Waals surface area contributed by atoms with E-state index in [0.717, 1.165) is 23.2 Å². The van der Waals surface area contributed by atoms with Crippen molar-refractivity contribution < 1.29 is 4.79 Å². The molecule has 0 saturated heterocycles. The van der Waals surface area contributed by atoms with Crippen LogP contribution in [0.1, 0.15) is 11.5 Å². The summed E-state index contributed by atoms with van der Waals surface area (Å²) in [6.07, 6.45) is 0.813. The van der Waals surface area contributed by atoms with Gasteiger partial charge in [0.2, 0.25) is 6.41 Å². The van der Waals surface area contributed by atoms with Crippen LogP contribution in [0, 0.1) is 0 Å². The molecule has 1 aromatic carbocycles. The van der Waals surface area contributed by atoms with E-state index in [1.807, 2.05) is 12.1 Å². The van der Waals surface area contributed by atoms with Crippen LogP contribution in [0.4, 0.5) is 5.69 Å². The van der Waals surface area contributed by atoms with E-state index in [2.05, 4.69) is 15.9 Å². The number of halogens is 2. The van der Waals surface area contributed by atoms with E-state index in [1.165, 1.54) is 10.5 Å². The highest BCUT2D eigenvalue weighted by Gasteiger charge is 2.26. The third-order valence-corrected chi connectivity index (χ3v) is 4.96. The molecule has 0 fully saturated rings. The van der Waals surface area contributed by atoms with Crippen molar-refractivity contribution in [2.45, 2.75) is 10.8 Å². The van der Waals surface area contributed by atoms with Gasteiger partial charge in [-0.15, -0.1) is 11.8 Å². The summed E-state index contributed by atoms with van der Waals surface area (Å²) in [6, 6.07) is 3.85. The molecular formula is C11H11BrClNOS. The molecule has 0 spiro atoms. The van der Waals surface area contributed by atoms with Gasteiger partial charge in [-0.05, 0) is 17.7 Å². The normalized spacial score (nSPS) is 18.3. The van der Waals surface area contributed by atoms with Crippen LogP contribution in [-0.2, 0) is 4.79 Å². The highest BCUT2D eigenvalue weighted by atomic mass is 79.9. The van der Waals surface area contributed by atoms with Crippen LogP contribution in [0.5, 0.6) is 0 Å². The summed E-state index contributed by atoms with van der Waals surface area (Å²) in [5, 5.41) is 1.62. The number of carbonyl (C=O) groups is 1. The third-order valence-electron chi connectivity index (χ3n) is 2.66. The summed E-state index contributed by atoms with van der Waals surface area (Å²) in [5.74, 6) is 1.53. The van der Waals surface area contributed by atoms with Gasteiger partial charge < -0.3 is 4.90 Å². The molecule has 0 aliphatic carbocycles. The molecule has 1 aromatic rings. The summed E-state index contributed by atoms with van der Waals surface area (Å²) in [7, 11) is 1.75. The first-order chi connectivity index (χ1) is 7.67. The highest BCUT2D eigenvalue weighted by molar-refractivity contribution is 9.09. The topological polar surface area (TPSA) is 20.3 Å². The lowest BCUT2D eigenvalue weighted by Gasteiger charge is -2.16. The quantitative estimate of drug-likeness (QED) is 0.627. The fourth-order valence-corrected chi connectivity index (χ4v) is 4.29. The second-order valence-electron chi connectivity index (χ2n) is 3.72. The first-order valence-corrected chi connectivity index (χ1v) is 7.36. The minimum atomic E-state index is 0.484. The molecule has 1 aliphatic heterocycles. The summed E-state index contributed by atoms with van der Waals surface area (Å²) < 4.78 is 0. The van der Waals surface area contributed by atoms with Crippen LogP contribution >= 0.6 is 39.3 Å². The molecule has 0 saturated carbocycles. The second kappa shape index (κ2) is 4.98. The maximum absolute atomic E-state index is 10.8. The van der Waals surface area contributed by atoms with E-state index in [1.54, 1.807) is 23.7 Å². The summed E-state index contributed by atoms with van der Waals surface area (Å²) in [4.78, 5) is 13.6. The van der Waals surface area contributed by atoms with Gasteiger partial charge in [-0.1, -0.05) is 27.5 Å².